The summed E-state index contributed by atoms with van der Waals surface area (Å²) in [5.74, 6) is 0.249. The van der Waals surface area contributed by atoms with Gasteiger partial charge in [0.15, 0.2) is 0 Å². The number of hydrogen-bond donors (Lipinski definition) is 0. The van der Waals surface area contributed by atoms with Gasteiger partial charge < -0.3 is 14.7 Å². The van der Waals surface area contributed by atoms with Gasteiger partial charge in [0.05, 0.1) is 10.7 Å². The predicted molar refractivity (Wildman–Crippen MR) is 168 cm³/mol. The van der Waals surface area contributed by atoms with Crippen molar-refractivity contribution in [1.29, 1.82) is 0 Å². The zero-order valence-corrected chi connectivity index (χ0v) is 26.4. The van der Waals surface area contributed by atoms with Crippen LogP contribution < -0.4 is 14.7 Å². The molecule has 0 amide bonds. The largest absolute Gasteiger partial charge is 0.372 e. The Morgan fingerprint density at radius 3 is 1.37 bits per heavy atom. The Bertz CT molecular complexity index is 1370. The molecule has 0 fully saturated rings. The van der Waals surface area contributed by atoms with Crippen LogP contribution in [0.15, 0.2) is 59.7 Å². The van der Waals surface area contributed by atoms with Crippen molar-refractivity contribution >= 4 is 63.9 Å². The van der Waals surface area contributed by atoms with Gasteiger partial charge in [0.25, 0.3) is 0 Å². The smallest absolute Gasteiger partial charge is 0.0782 e. The van der Waals surface area contributed by atoms with Gasteiger partial charge in [0.1, 0.15) is 0 Å². The van der Waals surface area contributed by atoms with E-state index in [0.29, 0.717) is 0 Å². The molecule has 3 nitrogen and oxygen atoms in total. The first-order valence-corrected chi connectivity index (χ1v) is 16.8. The van der Waals surface area contributed by atoms with Gasteiger partial charge in [-0.25, -0.2) is 0 Å². The molecule has 1 atom stereocenters. The van der Waals surface area contributed by atoms with Crippen LogP contribution in [0.2, 0.25) is 5.02 Å². The maximum atomic E-state index is 7.31. The third-order valence-corrected chi connectivity index (χ3v) is 12.2. The molecule has 6 rings (SSSR count). The lowest BCUT2D eigenvalue weighted by molar-refractivity contribution is 0.774. The standard InChI is InChI=1S/C31H36ClN3S3/c1-7-33(8-2)18-13-21-26-22(14-18)37-25-17-20(35(11-5)12-6)30(32)31-28(25)29(26)27-23(36-21)15-19(16-24(27)38-31)34(9-3)10-4/h13-17,29H,7-12H2,1-6H3. The fourth-order valence-electron chi connectivity index (χ4n) is 6.27. The molecular formula is C31H36ClN3S3. The van der Waals surface area contributed by atoms with Crippen molar-refractivity contribution in [2.24, 2.45) is 0 Å². The average Bonchev–Trinajstić information content (AvgIpc) is 2.92. The van der Waals surface area contributed by atoms with Crippen molar-refractivity contribution in [1.82, 2.24) is 0 Å². The maximum Gasteiger partial charge on any atom is 0.0782 e. The third-order valence-electron chi connectivity index (χ3n) is 8.26. The number of benzene rings is 3. The number of halogens is 1. The molecule has 3 aliphatic rings. The summed E-state index contributed by atoms with van der Waals surface area (Å²) in [7, 11) is 0. The zero-order chi connectivity index (χ0) is 26.7. The molecule has 3 heterocycles. The highest BCUT2D eigenvalue weighted by atomic mass is 35.5. The number of nitrogens with zero attached hydrogens (tertiary/aromatic N) is 3. The molecule has 38 heavy (non-hydrogen) atoms. The van der Waals surface area contributed by atoms with E-state index < -0.39 is 0 Å². The van der Waals surface area contributed by atoms with E-state index in [1.54, 1.807) is 0 Å². The summed E-state index contributed by atoms with van der Waals surface area (Å²) < 4.78 is 0. The fourth-order valence-corrected chi connectivity index (χ4v) is 10.6. The highest BCUT2D eigenvalue weighted by Gasteiger charge is 2.43. The van der Waals surface area contributed by atoms with Crippen LogP contribution in [0.3, 0.4) is 0 Å². The molecule has 3 aromatic carbocycles. The Balaban J connectivity index is 1.64. The molecule has 0 radical (unpaired) electrons. The van der Waals surface area contributed by atoms with Gasteiger partial charge in [-0.05, 0) is 88.6 Å². The third kappa shape index (κ3) is 3.96. The van der Waals surface area contributed by atoms with Crippen LogP contribution in [0, 0.1) is 0 Å². The van der Waals surface area contributed by atoms with Crippen LogP contribution in [-0.2, 0) is 0 Å². The topological polar surface area (TPSA) is 9.72 Å². The lowest BCUT2D eigenvalue weighted by Crippen LogP contribution is -2.26. The molecule has 0 N–H and O–H groups in total. The van der Waals surface area contributed by atoms with E-state index in [0.717, 1.165) is 44.3 Å². The Hall–Kier alpha value is -1.60. The minimum atomic E-state index is 0.249. The monoisotopic (exact) mass is 581 g/mol. The van der Waals surface area contributed by atoms with Crippen molar-refractivity contribution in [3.05, 3.63) is 52.0 Å². The van der Waals surface area contributed by atoms with E-state index in [1.165, 1.54) is 63.1 Å². The second kappa shape index (κ2) is 10.4. The van der Waals surface area contributed by atoms with E-state index >= 15 is 0 Å². The van der Waals surface area contributed by atoms with Crippen LogP contribution in [-0.4, -0.2) is 39.3 Å². The van der Waals surface area contributed by atoms with Crippen molar-refractivity contribution in [2.75, 3.05) is 54.0 Å². The lowest BCUT2D eigenvalue weighted by Gasteiger charge is -2.42. The average molecular weight is 582 g/mol. The SMILES string of the molecule is CCN(CC)c1cc2c3c(c1)Sc1cc(N(CC)CC)c(Cl)c4c1C3c1c(cc(N(CC)CC)cc1S4)S2. The van der Waals surface area contributed by atoms with Crippen molar-refractivity contribution in [2.45, 2.75) is 76.8 Å². The summed E-state index contributed by atoms with van der Waals surface area (Å²) >= 11 is 13.1. The van der Waals surface area contributed by atoms with Crippen LogP contribution in [0.4, 0.5) is 17.1 Å². The van der Waals surface area contributed by atoms with Crippen LogP contribution in [0.25, 0.3) is 0 Å². The van der Waals surface area contributed by atoms with E-state index in [2.05, 4.69) is 86.6 Å². The number of rotatable bonds is 9. The molecule has 0 saturated heterocycles. The molecule has 3 aliphatic heterocycles. The summed E-state index contributed by atoms with van der Waals surface area (Å²) in [6.07, 6.45) is 0. The van der Waals surface area contributed by atoms with Gasteiger partial charge in [-0.1, -0.05) is 46.9 Å². The molecule has 0 aromatic heterocycles. The summed E-state index contributed by atoms with van der Waals surface area (Å²) in [6, 6.07) is 12.1. The first-order valence-electron chi connectivity index (χ1n) is 14.0. The molecular weight excluding hydrogens is 546 g/mol. The lowest BCUT2D eigenvalue weighted by atomic mass is 9.83. The van der Waals surface area contributed by atoms with Crippen molar-refractivity contribution < 1.29 is 0 Å². The molecule has 200 valence electrons. The van der Waals surface area contributed by atoms with E-state index in [9.17, 15) is 0 Å². The first kappa shape index (κ1) is 26.6. The minimum absolute atomic E-state index is 0.249. The van der Waals surface area contributed by atoms with Gasteiger partial charge in [-0.3, -0.25) is 0 Å². The second-order valence-corrected chi connectivity index (χ2v) is 13.5. The summed E-state index contributed by atoms with van der Waals surface area (Å²) in [5, 5.41) is 0.918. The van der Waals surface area contributed by atoms with Crippen molar-refractivity contribution in [3.8, 4) is 0 Å². The predicted octanol–water partition coefficient (Wildman–Crippen LogP) is 9.45. The van der Waals surface area contributed by atoms with Gasteiger partial charge in [0.2, 0.25) is 0 Å². The van der Waals surface area contributed by atoms with Crippen molar-refractivity contribution in [3.63, 3.8) is 0 Å². The maximum absolute atomic E-state index is 7.31. The van der Waals surface area contributed by atoms with E-state index in [1.807, 2.05) is 35.3 Å². The molecule has 3 aromatic rings. The van der Waals surface area contributed by atoms with E-state index in [-0.39, 0.29) is 5.92 Å². The van der Waals surface area contributed by atoms with Crippen LogP contribution >= 0.6 is 46.9 Å². The van der Waals surface area contributed by atoms with Gasteiger partial charge in [-0.15, -0.1) is 0 Å². The Labute approximate surface area is 245 Å². The summed E-state index contributed by atoms with van der Waals surface area (Å²) in [6.45, 7) is 19.4. The summed E-state index contributed by atoms with van der Waals surface area (Å²) in [5.41, 5.74) is 8.22. The quantitative estimate of drug-likeness (QED) is 0.167. The molecule has 0 aliphatic carbocycles. The normalized spacial score (nSPS) is 15.8. The molecule has 0 spiro atoms. The highest BCUT2D eigenvalue weighted by molar-refractivity contribution is 8.01. The van der Waals surface area contributed by atoms with Gasteiger partial charge in [0, 0.05) is 85.9 Å². The van der Waals surface area contributed by atoms with Gasteiger partial charge >= 0.3 is 0 Å². The number of anilines is 3. The summed E-state index contributed by atoms with van der Waals surface area (Å²) in [4.78, 5) is 15.6. The minimum Gasteiger partial charge on any atom is -0.372 e. The van der Waals surface area contributed by atoms with Crippen LogP contribution in [0.1, 0.15) is 64.2 Å². The van der Waals surface area contributed by atoms with E-state index in [4.69, 9.17) is 11.6 Å². The first-order chi connectivity index (χ1) is 18.5. The molecule has 0 saturated carbocycles. The Morgan fingerprint density at radius 1 is 0.553 bits per heavy atom. The molecule has 7 heteroatoms. The Morgan fingerprint density at radius 2 is 0.947 bits per heavy atom. The molecule has 0 bridgehead atoms. The fraction of sp³-hybridized carbons (Fsp3) is 0.419. The van der Waals surface area contributed by atoms with Gasteiger partial charge in [-0.2, -0.15) is 0 Å². The van der Waals surface area contributed by atoms with Crippen LogP contribution in [0.5, 0.6) is 0 Å². The Kier molecular flexibility index (Phi) is 7.30. The molecule has 1 unspecified atom stereocenters. The number of hydrogen-bond acceptors (Lipinski definition) is 6. The zero-order valence-electron chi connectivity index (χ0n) is 23.2. The second-order valence-electron chi connectivity index (χ2n) is 9.92. The highest BCUT2D eigenvalue weighted by Crippen LogP contribution is 2.66.